The number of unbranched alkanes of at least 4 members (excludes halogenated alkanes) is 3. The highest BCUT2D eigenvalue weighted by Gasteiger charge is 1.81. The van der Waals surface area contributed by atoms with Crippen LogP contribution in [0.1, 0.15) is 32.6 Å². The van der Waals surface area contributed by atoms with E-state index in [-0.39, 0.29) is 0 Å². The lowest BCUT2D eigenvalue weighted by atomic mass is 10.2. The van der Waals surface area contributed by atoms with Crippen molar-refractivity contribution in [2.45, 2.75) is 32.6 Å². The van der Waals surface area contributed by atoms with Gasteiger partial charge in [-0.25, -0.2) is 0 Å². The predicted octanol–water partition coefficient (Wildman–Crippen LogP) is 2.64. The Bertz CT molecular complexity index is 84.7. The molecule has 0 unspecified atom stereocenters. The van der Waals surface area contributed by atoms with Crippen molar-refractivity contribution in [1.29, 1.82) is 0 Å². The van der Waals surface area contributed by atoms with E-state index in [0.717, 1.165) is 0 Å². The Hall–Kier alpha value is -0.460. The molecule has 0 aromatic carbocycles. The third-order valence-corrected chi connectivity index (χ3v) is 1.38. The van der Waals surface area contributed by atoms with E-state index in [1.165, 1.54) is 25.7 Å². The molecule has 10 heavy (non-hydrogen) atoms. The molecule has 0 spiro atoms. The van der Waals surface area contributed by atoms with Gasteiger partial charge in [0.05, 0.1) is 0 Å². The Morgan fingerprint density at radius 2 is 1.90 bits per heavy atom. The van der Waals surface area contributed by atoms with Gasteiger partial charge in [0.1, 0.15) is 0 Å². The van der Waals surface area contributed by atoms with E-state index in [0.29, 0.717) is 0 Å². The minimum absolute atomic E-state index is 1.23. The molecule has 0 amide bonds. The summed E-state index contributed by atoms with van der Waals surface area (Å²) < 4.78 is 0. The SMILES string of the molecule is CCCCCC=CN(C)C. The van der Waals surface area contributed by atoms with E-state index < -0.39 is 0 Å². The Morgan fingerprint density at radius 3 is 2.40 bits per heavy atom. The Labute approximate surface area is 64.7 Å². The Kier molecular flexibility index (Phi) is 6.35. The molecule has 0 aliphatic carbocycles. The average Bonchev–Trinajstić information content (AvgIpc) is 1.87. The molecule has 0 atom stereocenters. The van der Waals surface area contributed by atoms with Crippen LogP contribution in [0.3, 0.4) is 0 Å². The van der Waals surface area contributed by atoms with E-state index in [2.05, 4.69) is 38.2 Å². The Balaban J connectivity index is 3.02. The maximum absolute atomic E-state index is 2.23. The van der Waals surface area contributed by atoms with Gasteiger partial charge >= 0.3 is 0 Å². The molecule has 0 aromatic heterocycles. The molecule has 0 N–H and O–H groups in total. The minimum Gasteiger partial charge on any atom is -0.384 e. The lowest BCUT2D eigenvalue weighted by Gasteiger charge is -2.02. The standard InChI is InChI=1S/C9H19N/c1-4-5-6-7-8-9-10(2)3/h8-9H,4-7H2,1-3H3. The van der Waals surface area contributed by atoms with Crippen LogP contribution in [0.25, 0.3) is 0 Å². The van der Waals surface area contributed by atoms with E-state index in [1.807, 2.05) is 0 Å². The molecule has 1 nitrogen and oxygen atoms in total. The molecular weight excluding hydrogens is 122 g/mol. The summed E-state index contributed by atoms with van der Waals surface area (Å²) in [6, 6.07) is 0. The summed E-state index contributed by atoms with van der Waals surface area (Å²) in [5, 5.41) is 0. The number of allylic oxidation sites excluding steroid dienone is 1. The fourth-order valence-electron chi connectivity index (χ4n) is 0.798. The van der Waals surface area contributed by atoms with Gasteiger partial charge in [0.2, 0.25) is 0 Å². The average molecular weight is 141 g/mol. The van der Waals surface area contributed by atoms with E-state index >= 15 is 0 Å². The minimum atomic E-state index is 1.23. The van der Waals surface area contributed by atoms with Crippen LogP contribution in [-0.2, 0) is 0 Å². The summed E-state index contributed by atoms with van der Waals surface area (Å²) >= 11 is 0. The van der Waals surface area contributed by atoms with E-state index in [4.69, 9.17) is 0 Å². The highest BCUT2D eigenvalue weighted by atomic mass is 15.0. The fraction of sp³-hybridized carbons (Fsp3) is 0.778. The van der Waals surface area contributed by atoms with Crippen LogP contribution >= 0.6 is 0 Å². The second kappa shape index (κ2) is 6.66. The van der Waals surface area contributed by atoms with Crippen molar-refractivity contribution in [3.05, 3.63) is 12.3 Å². The molecule has 0 saturated carbocycles. The molecular formula is C9H19N. The quantitative estimate of drug-likeness (QED) is 0.532. The monoisotopic (exact) mass is 141 g/mol. The summed E-state index contributed by atoms with van der Waals surface area (Å²) in [6.07, 6.45) is 9.59. The topological polar surface area (TPSA) is 3.24 Å². The first-order chi connectivity index (χ1) is 4.77. The lowest BCUT2D eigenvalue weighted by Crippen LogP contribution is -1.99. The second-order valence-corrected chi connectivity index (χ2v) is 2.84. The van der Waals surface area contributed by atoms with Crippen molar-refractivity contribution >= 4 is 0 Å². The van der Waals surface area contributed by atoms with Gasteiger partial charge in [-0.05, 0) is 19.0 Å². The van der Waals surface area contributed by atoms with Gasteiger partial charge in [-0.15, -0.1) is 0 Å². The van der Waals surface area contributed by atoms with Crippen molar-refractivity contribution in [1.82, 2.24) is 4.90 Å². The molecule has 0 aliphatic heterocycles. The summed E-state index contributed by atoms with van der Waals surface area (Å²) in [4.78, 5) is 2.08. The van der Waals surface area contributed by atoms with Gasteiger partial charge in [0.15, 0.2) is 0 Å². The maximum Gasteiger partial charge on any atom is 0.00555 e. The summed E-state index contributed by atoms with van der Waals surface area (Å²) in [5.74, 6) is 0. The fourth-order valence-corrected chi connectivity index (χ4v) is 0.798. The molecule has 0 heterocycles. The van der Waals surface area contributed by atoms with Crippen LogP contribution in [0, 0.1) is 0 Å². The molecule has 0 fully saturated rings. The first kappa shape index (κ1) is 9.54. The van der Waals surface area contributed by atoms with Crippen molar-refractivity contribution in [2.75, 3.05) is 14.1 Å². The summed E-state index contributed by atoms with van der Waals surface area (Å²) in [5.41, 5.74) is 0. The molecule has 0 saturated heterocycles. The maximum atomic E-state index is 2.23. The van der Waals surface area contributed by atoms with Crippen LogP contribution in [0.15, 0.2) is 12.3 Å². The smallest absolute Gasteiger partial charge is 0.00555 e. The predicted molar refractivity (Wildman–Crippen MR) is 47.0 cm³/mol. The number of nitrogens with zero attached hydrogens (tertiary/aromatic N) is 1. The zero-order valence-electron chi connectivity index (χ0n) is 7.43. The molecule has 0 radical (unpaired) electrons. The first-order valence-electron chi connectivity index (χ1n) is 4.10. The zero-order valence-corrected chi connectivity index (χ0v) is 7.43. The van der Waals surface area contributed by atoms with E-state index in [1.54, 1.807) is 0 Å². The van der Waals surface area contributed by atoms with Gasteiger partial charge < -0.3 is 4.90 Å². The summed E-state index contributed by atoms with van der Waals surface area (Å²) in [7, 11) is 4.10. The first-order valence-corrected chi connectivity index (χ1v) is 4.10. The third-order valence-electron chi connectivity index (χ3n) is 1.38. The van der Waals surface area contributed by atoms with Crippen LogP contribution in [0.5, 0.6) is 0 Å². The molecule has 0 aromatic rings. The summed E-state index contributed by atoms with van der Waals surface area (Å²) in [6.45, 7) is 2.23. The number of hydrogen-bond acceptors (Lipinski definition) is 1. The highest BCUT2D eigenvalue weighted by Crippen LogP contribution is 1.99. The van der Waals surface area contributed by atoms with Crippen LogP contribution in [0.4, 0.5) is 0 Å². The van der Waals surface area contributed by atoms with Crippen molar-refractivity contribution in [3.63, 3.8) is 0 Å². The van der Waals surface area contributed by atoms with E-state index in [9.17, 15) is 0 Å². The van der Waals surface area contributed by atoms with Crippen LogP contribution < -0.4 is 0 Å². The van der Waals surface area contributed by atoms with Crippen LogP contribution in [0.2, 0.25) is 0 Å². The van der Waals surface area contributed by atoms with Gasteiger partial charge in [-0.2, -0.15) is 0 Å². The lowest BCUT2D eigenvalue weighted by molar-refractivity contribution is 0.559. The highest BCUT2D eigenvalue weighted by molar-refractivity contribution is 4.78. The molecule has 0 rings (SSSR count). The second-order valence-electron chi connectivity index (χ2n) is 2.84. The third kappa shape index (κ3) is 7.54. The van der Waals surface area contributed by atoms with Crippen LogP contribution in [-0.4, -0.2) is 19.0 Å². The zero-order chi connectivity index (χ0) is 7.82. The van der Waals surface area contributed by atoms with Crippen molar-refractivity contribution < 1.29 is 0 Å². The number of rotatable bonds is 5. The number of hydrogen-bond donors (Lipinski definition) is 0. The normalized spacial score (nSPS) is 10.7. The molecule has 1 heteroatoms. The Morgan fingerprint density at radius 1 is 1.20 bits per heavy atom. The molecule has 60 valence electrons. The van der Waals surface area contributed by atoms with Gasteiger partial charge in [-0.3, -0.25) is 0 Å². The van der Waals surface area contributed by atoms with Gasteiger partial charge in [-0.1, -0.05) is 25.8 Å². The van der Waals surface area contributed by atoms with Crippen molar-refractivity contribution in [3.8, 4) is 0 Å². The molecule has 0 aliphatic rings. The van der Waals surface area contributed by atoms with Gasteiger partial charge in [0, 0.05) is 14.1 Å². The molecule has 0 bridgehead atoms. The van der Waals surface area contributed by atoms with Gasteiger partial charge in [0.25, 0.3) is 0 Å². The largest absolute Gasteiger partial charge is 0.384 e. The van der Waals surface area contributed by atoms with Crippen molar-refractivity contribution in [2.24, 2.45) is 0 Å².